The summed E-state index contributed by atoms with van der Waals surface area (Å²) in [6, 6.07) is 9.88. The highest BCUT2D eigenvalue weighted by molar-refractivity contribution is 5.91. The number of rotatable bonds is 5. The molecule has 0 bridgehead atoms. The molecule has 2 amide bonds. The van der Waals surface area contributed by atoms with Crippen molar-refractivity contribution in [3.8, 4) is 0 Å². The van der Waals surface area contributed by atoms with Crippen LogP contribution in [0, 0.1) is 5.92 Å². The van der Waals surface area contributed by atoms with Gasteiger partial charge in [-0.3, -0.25) is 9.59 Å². The summed E-state index contributed by atoms with van der Waals surface area (Å²) in [6.45, 7) is 5.34. The van der Waals surface area contributed by atoms with Crippen molar-refractivity contribution in [2.45, 2.75) is 31.6 Å². The van der Waals surface area contributed by atoms with E-state index in [0.717, 1.165) is 31.7 Å². The minimum atomic E-state index is -0.629. The van der Waals surface area contributed by atoms with Crippen LogP contribution in [0.5, 0.6) is 0 Å². The summed E-state index contributed by atoms with van der Waals surface area (Å²) >= 11 is 0. The smallest absolute Gasteiger partial charge is 0.235 e. The highest BCUT2D eigenvalue weighted by Gasteiger charge is 2.46. The molecule has 0 aromatic heterocycles. The highest BCUT2D eigenvalue weighted by atomic mass is 16.5. The molecule has 5 heteroatoms. The highest BCUT2D eigenvalue weighted by Crippen LogP contribution is 2.35. The maximum absolute atomic E-state index is 13.4. The van der Waals surface area contributed by atoms with Gasteiger partial charge in [-0.15, -0.1) is 0 Å². The summed E-state index contributed by atoms with van der Waals surface area (Å²) < 4.78 is 5.52. The fraction of sp³-hybridized carbons (Fsp3) is 0.579. The van der Waals surface area contributed by atoms with Crippen LogP contribution in [-0.2, 0) is 19.7 Å². The van der Waals surface area contributed by atoms with Gasteiger partial charge in [0.15, 0.2) is 0 Å². The maximum atomic E-state index is 13.4. The molecule has 2 fully saturated rings. The molecule has 2 aliphatic rings. The van der Waals surface area contributed by atoms with Gasteiger partial charge in [0.05, 0.1) is 12.0 Å². The topological polar surface area (TPSA) is 58.6 Å². The molecule has 1 N–H and O–H groups in total. The quantitative estimate of drug-likeness (QED) is 0.894. The summed E-state index contributed by atoms with van der Waals surface area (Å²) in [5.74, 6) is 0.595. The van der Waals surface area contributed by atoms with E-state index in [-0.39, 0.29) is 11.8 Å². The first-order valence-electron chi connectivity index (χ1n) is 8.85. The van der Waals surface area contributed by atoms with E-state index in [9.17, 15) is 9.59 Å². The Balaban J connectivity index is 1.79. The van der Waals surface area contributed by atoms with Crippen molar-refractivity contribution in [1.29, 1.82) is 0 Å². The molecule has 0 radical (unpaired) electrons. The van der Waals surface area contributed by atoms with Crippen LogP contribution in [0.25, 0.3) is 0 Å². The van der Waals surface area contributed by atoms with Crippen LogP contribution in [-0.4, -0.2) is 49.6 Å². The predicted molar refractivity (Wildman–Crippen MR) is 91.5 cm³/mol. The number of carbonyl (C=O) groups is 2. The number of carbonyl (C=O) groups excluding carboxylic acids is 2. The number of ether oxygens (including phenoxy) is 1. The molecule has 0 unspecified atom stereocenters. The summed E-state index contributed by atoms with van der Waals surface area (Å²) in [6.07, 6.45) is 1.97. The molecule has 2 atom stereocenters. The molecule has 2 heterocycles. The third-order valence-electron chi connectivity index (χ3n) is 5.23. The fourth-order valence-corrected chi connectivity index (χ4v) is 3.80. The average molecular weight is 330 g/mol. The van der Waals surface area contributed by atoms with Crippen LogP contribution in [0.1, 0.15) is 31.7 Å². The number of nitrogens with zero attached hydrogens (tertiary/aromatic N) is 1. The molecule has 3 rings (SSSR count). The number of nitrogens with one attached hydrogen (secondary N) is 1. The van der Waals surface area contributed by atoms with Crippen molar-refractivity contribution in [3.05, 3.63) is 35.9 Å². The molecule has 1 aromatic rings. The third kappa shape index (κ3) is 3.31. The Kier molecular flexibility index (Phi) is 5.19. The van der Waals surface area contributed by atoms with Crippen molar-refractivity contribution < 1.29 is 14.3 Å². The summed E-state index contributed by atoms with van der Waals surface area (Å²) in [5, 5.41) is 2.91. The third-order valence-corrected chi connectivity index (χ3v) is 5.23. The summed E-state index contributed by atoms with van der Waals surface area (Å²) in [7, 11) is 0. The molecular weight excluding hydrogens is 304 g/mol. The number of amides is 2. The predicted octanol–water partition coefficient (Wildman–Crippen LogP) is 1.72. The van der Waals surface area contributed by atoms with Gasteiger partial charge in [0, 0.05) is 38.6 Å². The van der Waals surface area contributed by atoms with Crippen LogP contribution in [0.15, 0.2) is 30.3 Å². The number of benzene rings is 1. The van der Waals surface area contributed by atoms with E-state index in [0.29, 0.717) is 31.9 Å². The van der Waals surface area contributed by atoms with Crippen molar-refractivity contribution in [2.24, 2.45) is 5.92 Å². The minimum absolute atomic E-state index is 0.0324. The Morgan fingerprint density at radius 2 is 2.17 bits per heavy atom. The Labute approximate surface area is 143 Å². The first-order valence-corrected chi connectivity index (χ1v) is 8.85. The lowest BCUT2D eigenvalue weighted by Gasteiger charge is -2.39. The molecule has 24 heavy (non-hydrogen) atoms. The van der Waals surface area contributed by atoms with E-state index < -0.39 is 5.41 Å². The van der Waals surface area contributed by atoms with Gasteiger partial charge < -0.3 is 15.0 Å². The minimum Gasteiger partial charge on any atom is -0.381 e. The van der Waals surface area contributed by atoms with Gasteiger partial charge in [0.1, 0.15) is 0 Å². The van der Waals surface area contributed by atoms with Gasteiger partial charge in [-0.25, -0.2) is 0 Å². The Bertz CT molecular complexity index is 578. The van der Waals surface area contributed by atoms with E-state index in [1.807, 2.05) is 42.2 Å². The molecule has 2 aliphatic heterocycles. The van der Waals surface area contributed by atoms with Crippen molar-refractivity contribution in [1.82, 2.24) is 10.2 Å². The molecule has 1 aromatic carbocycles. The second kappa shape index (κ2) is 7.34. The average Bonchev–Trinajstić information content (AvgIpc) is 3.10. The van der Waals surface area contributed by atoms with Crippen molar-refractivity contribution in [3.63, 3.8) is 0 Å². The normalized spacial score (nSPS) is 27.1. The second-order valence-corrected chi connectivity index (χ2v) is 6.79. The van der Waals surface area contributed by atoms with E-state index in [1.165, 1.54) is 0 Å². The van der Waals surface area contributed by atoms with Gasteiger partial charge in [0.25, 0.3) is 0 Å². The molecule has 5 nitrogen and oxygen atoms in total. The Hall–Kier alpha value is -1.88. The van der Waals surface area contributed by atoms with E-state index in [1.54, 1.807) is 0 Å². The zero-order valence-electron chi connectivity index (χ0n) is 14.3. The number of hydrogen-bond acceptors (Lipinski definition) is 3. The van der Waals surface area contributed by atoms with E-state index in [2.05, 4.69) is 5.32 Å². The zero-order chi connectivity index (χ0) is 17.0. The Morgan fingerprint density at radius 3 is 2.83 bits per heavy atom. The van der Waals surface area contributed by atoms with Gasteiger partial charge in [-0.05, 0) is 25.3 Å². The van der Waals surface area contributed by atoms with Crippen molar-refractivity contribution in [2.75, 3.05) is 32.8 Å². The summed E-state index contributed by atoms with van der Waals surface area (Å²) in [5.41, 5.74) is 0.374. The van der Waals surface area contributed by atoms with E-state index >= 15 is 0 Å². The second-order valence-electron chi connectivity index (χ2n) is 6.79. The first-order chi connectivity index (χ1) is 11.7. The van der Waals surface area contributed by atoms with Crippen LogP contribution >= 0.6 is 0 Å². The standard InChI is InChI=1S/C19H26N2O3/c1-2-24-13-15-9-11-21(12-15)18(23)19(10-8-17(22)20-14-19)16-6-4-3-5-7-16/h3-7,15H,2,8-14H2,1H3,(H,20,22)/t15-,19-/m0/s1. The molecule has 0 saturated carbocycles. The Morgan fingerprint density at radius 1 is 1.38 bits per heavy atom. The largest absolute Gasteiger partial charge is 0.381 e. The number of likely N-dealkylation sites (tertiary alicyclic amines) is 1. The number of piperidine rings is 1. The molecule has 0 spiro atoms. The van der Waals surface area contributed by atoms with Crippen LogP contribution in [0.3, 0.4) is 0 Å². The SMILES string of the molecule is CCOC[C@H]1CCN(C(=O)[C@@]2(c3ccccc3)CCC(=O)NC2)C1. The lowest BCUT2D eigenvalue weighted by atomic mass is 9.73. The molecule has 2 saturated heterocycles. The van der Waals surface area contributed by atoms with Gasteiger partial charge in [-0.2, -0.15) is 0 Å². The van der Waals surface area contributed by atoms with Crippen molar-refractivity contribution >= 4 is 11.8 Å². The maximum Gasteiger partial charge on any atom is 0.235 e. The summed E-state index contributed by atoms with van der Waals surface area (Å²) in [4.78, 5) is 27.0. The van der Waals surface area contributed by atoms with Crippen LogP contribution in [0.2, 0.25) is 0 Å². The van der Waals surface area contributed by atoms with Gasteiger partial charge in [-0.1, -0.05) is 30.3 Å². The molecular formula is C19H26N2O3. The lowest BCUT2D eigenvalue weighted by molar-refractivity contribution is -0.139. The lowest BCUT2D eigenvalue weighted by Crippen LogP contribution is -2.55. The van der Waals surface area contributed by atoms with Crippen LogP contribution < -0.4 is 5.32 Å². The molecule has 130 valence electrons. The first kappa shape index (κ1) is 17.0. The number of hydrogen-bond donors (Lipinski definition) is 1. The van der Waals surface area contributed by atoms with E-state index in [4.69, 9.17) is 4.74 Å². The zero-order valence-corrected chi connectivity index (χ0v) is 14.3. The van der Waals surface area contributed by atoms with Crippen LogP contribution in [0.4, 0.5) is 0 Å². The monoisotopic (exact) mass is 330 g/mol. The molecule has 0 aliphatic carbocycles. The fourth-order valence-electron chi connectivity index (χ4n) is 3.80. The van der Waals surface area contributed by atoms with Gasteiger partial charge >= 0.3 is 0 Å². The van der Waals surface area contributed by atoms with Gasteiger partial charge in [0.2, 0.25) is 11.8 Å².